The molecule has 4 heteroatoms. The van der Waals surface area contributed by atoms with Gasteiger partial charge in [0, 0.05) is 26.6 Å². The summed E-state index contributed by atoms with van der Waals surface area (Å²) in [6.45, 7) is 4.22. The van der Waals surface area contributed by atoms with Crippen molar-refractivity contribution in [3.05, 3.63) is 18.2 Å². The first-order chi connectivity index (χ1) is 7.50. The van der Waals surface area contributed by atoms with Crippen molar-refractivity contribution < 1.29 is 4.74 Å². The Kier molecular flexibility index (Phi) is 4.50. The van der Waals surface area contributed by atoms with Gasteiger partial charge < -0.3 is 14.6 Å². The predicted molar refractivity (Wildman–Crippen MR) is 65.3 cm³/mol. The highest BCUT2D eigenvalue weighted by atomic mass is 16.5. The van der Waals surface area contributed by atoms with Gasteiger partial charge in [-0.2, -0.15) is 0 Å². The zero-order valence-corrected chi connectivity index (χ0v) is 10.9. The maximum absolute atomic E-state index is 5.43. The molecule has 92 valence electrons. The standard InChI is InChI=1S/C12H23N3O/c1-12(2,16-5)7-6-10(13-3)11-14-8-9-15(11)4/h8-10,13H,6-7H2,1-5H3. The Morgan fingerprint density at radius 2 is 2.25 bits per heavy atom. The zero-order valence-electron chi connectivity index (χ0n) is 10.9. The molecule has 0 aliphatic carbocycles. The van der Waals surface area contributed by atoms with Crippen molar-refractivity contribution >= 4 is 0 Å². The summed E-state index contributed by atoms with van der Waals surface area (Å²) in [4.78, 5) is 4.37. The molecule has 1 rings (SSSR count). The second-order valence-corrected chi connectivity index (χ2v) is 4.74. The van der Waals surface area contributed by atoms with E-state index in [-0.39, 0.29) is 11.6 Å². The number of methoxy groups -OCH3 is 1. The Bertz CT molecular complexity index is 320. The largest absolute Gasteiger partial charge is 0.379 e. The number of aromatic nitrogens is 2. The van der Waals surface area contributed by atoms with Gasteiger partial charge in [0.05, 0.1) is 11.6 Å². The fraction of sp³-hybridized carbons (Fsp3) is 0.750. The van der Waals surface area contributed by atoms with Gasteiger partial charge in [0.2, 0.25) is 0 Å². The molecule has 0 saturated carbocycles. The van der Waals surface area contributed by atoms with Crippen LogP contribution < -0.4 is 5.32 Å². The summed E-state index contributed by atoms with van der Waals surface area (Å²) in [5, 5.41) is 3.30. The molecular formula is C12H23N3O. The van der Waals surface area contributed by atoms with Gasteiger partial charge in [-0.3, -0.25) is 0 Å². The first-order valence-corrected chi connectivity index (χ1v) is 5.70. The minimum atomic E-state index is -0.0692. The lowest BCUT2D eigenvalue weighted by Gasteiger charge is -2.25. The minimum absolute atomic E-state index is 0.0692. The average Bonchev–Trinajstić information content (AvgIpc) is 2.66. The van der Waals surface area contributed by atoms with E-state index in [0.717, 1.165) is 18.7 Å². The van der Waals surface area contributed by atoms with Crippen molar-refractivity contribution in [1.29, 1.82) is 0 Å². The third-order valence-electron chi connectivity index (χ3n) is 3.11. The third-order valence-corrected chi connectivity index (χ3v) is 3.11. The van der Waals surface area contributed by atoms with Crippen LogP contribution >= 0.6 is 0 Å². The van der Waals surface area contributed by atoms with Gasteiger partial charge in [0.25, 0.3) is 0 Å². The molecule has 0 bridgehead atoms. The Morgan fingerprint density at radius 3 is 2.69 bits per heavy atom. The molecule has 0 radical (unpaired) electrons. The number of aryl methyl sites for hydroxylation is 1. The molecule has 0 aliphatic heterocycles. The molecule has 0 amide bonds. The van der Waals surface area contributed by atoms with E-state index in [1.54, 1.807) is 7.11 Å². The Balaban J connectivity index is 2.60. The SMILES string of the molecule is CNC(CCC(C)(C)OC)c1nccn1C. The van der Waals surface area contributed by atoms with E-state index in [0.29, 0.717) is 0 Å². The second-order valence-electron chi connectivity index (χ2n) is 4.74. The lowest BCUT2D eigenvalue weighted by molar-refractivity contribution is 0.0116. The molecule has 1 unspecified atom stereocenters. The highest BCUT2D eigenvalue weighted by molar-refractivity contribution is 4.98. The molecule has 1 N–H and O–H groups in total. The number of hydrogen-bond donors (Lipinski definition) is 1. The number of imidazole rings is 1. The highest BCUT2D eigenvalue weighted by Crippen LogP contribution is 2.22. The van der Waals surface area contributed by atoms with Gasteiger partial charge in [-0.05, 0) is 33.7 Å². The number of rotatable bonds is 6. The molecule has 0 aliphatic rings. The van der Waals surface area contributed by atoms with Gasteiger partial charge >= 0.3 is 0 Å². The molecule has 0 aromatic carbocycles. The molecule has 1 atom stereocenters. The Morgan fingerprint density at radius 1 is 1.56 bits per heavy atom. The van der Waals surface area contributed by atoms with Crippen molar-refractivity contribution in [3.8, 4) is 0 Å². The van der Waals surface area contributed by atoms with Gasteiger partial charge in [-0.15, -0.1) is 0 Å². The van der Waals surface area contributed by atoms with Crippen molar-refractivity contribution in [1.82, 2.24) is 14.9 Å². The quantitative estimate of drug-likeness (QED) is 0.803. The average molecular weight is 225 g/mol. The summed E-state index contributed by atoms with van der Waals surface area (Å²) in [5.74, 6) is 1.08. The first kappa shape index (κ1) is 13.2. The molecule has 1 aromatic heterocycles. The van der Waals surface area contributed by atoms with Crippen LogP contribution in [0.25, 0.3) is 0 Å². The molecule has 0 spiro atoms. The van der Waals surface area contributed by atoms with E-state index in [9.17, 15) is 0 Å². The Labute approximate surface area is 98.0 Å². The van der Waals surface area contributed by atoms with Crippen molar-refractivity contribution in [3.63, 3.8) is 0 Å². The summed E-state index contributed by atoms with van der Waals surface area (Å²) >= 11 is 0. The predicted octanol–water partition coefficient (Wildman–Crippen LogP) is 1.89. The van der Waals surface area contributed by atoms with E-state index in [2.05, 4.69) is 28.7 Å². The van der Waals surface area contributed by atoms with Crippen molar-refractivity contribution in [2.24, 2.45) is 7.05 Å². The van der Waals surface area contributed by atoms with Crippen LogP contribution in [-0.2, 0) is 11.8 Å². The number of nitrogens with one attached hydrogen (secondary N) is 1. The van der Waals surface area contributed by atoms with Crippen molar-refractivity contribution in [2.45, 2.75) is 38.3 Å². The van der Waals surface area contributed by atoms with Crippen LogP contribution in [0, 0.1) is 0 Å². The smallest absolute Gasteiger partial charge is 0.125 e. The van der Waals surface area contributed by atoms with Crippen LogP contribution in [-0.4, -0.2) is 29.3 Å². The lowest BCUT2D eigenvalue weighted by atomic mass is 9.98. The third kappa shape index (κ3) is 3.32. The van der Waals surface area contributed by atoms with Crippen LogP contribution in [0.4, 0.5) is 0 Å². The number of nitrogens with zero attached hydrogens (tertiary/aromatic N) is 2. The molecule has 4 nitrogen and oxygen atoms in total. The van der Waals surface area contributed by atoms with Crippen molar-refractivity contribution in [2.75, 3.05) is 14.2 Å². The van der Waals surface area contributed by atoms with Gasteiger partial charge in [0.15, 0.2) is 0 Å². The normalized spacial score (nSPS) is 14.1. The molecule has 0 fully saturated rings. The topological polar surface area (TPSA) is 39.1 Å². The van der Waals surface area contributed by atoms with Gasteiger partial charge in [-0.25, -0.2) is 4.98 Å². The lowest BCUT2D eigenvalue weighted by Crippen LogP contribution is -2.27. The summed E-state index contributed by atoms with van der Waals surface area (Å²) in [7, 11) is 5.75. The van der Waals surface area contributed by atoms with Crippen LogP contribution in [0.1, 0.15) is 38.6 Å². The van der Waals surface area contributed by atoms with Gasteiger partial charge in [-0.1, -0.05) is 0 Å². The Hall–Kier alpha value is -0.870. The van der Waals surface area contributed by atoms with Crippen LogP contribution in [0.2, 0.25) is 0 Å². The fourth-order valence-electron chi connectivity index (χ4n) is 1.71. The minimum Gasteiger partial charge on any atom is -0.379 e. The van der Waals surface area contributed by atoms with Gasteiger partial charge in [0.1, 0.15) is 5.82 Å². The van der Waals surface area contributed by atoms with E-state index in [1.807, 2.05) is 26.5 Å². The fourth-order valence-corrected chi connectivity index (χ4v) is 1.71. The van der Waals surface area contributed by atoms with E-state index in [1.165, 1.54) is 0 Å². The van der Waals surface area contributed by atoms with E-state index >= 15 is 0 Å². The number of hydrogen-bond acceptors (Lipinski definition) is 3. The molecule has 0 saturated heterocycles. The van der Waals surface area contributed by atoms with Crippen LogP contribution in [0.3, 0.4) is 0 Å². The summed E-state index contributed by atoms with van der Waals surface area (Å²) < 4.78 is 7.48. The molecule has 16 heavy (non-hydrogen) atoms. The first-order valence-electron chi connectivity index (χ1n) is 5.70. The maximum atomic E-state index is 5.43. The second kappa shape index (κ2) is 5.46. The molecule has 1 heterocycles. The van der Waals surface area contributed by atoms with Crippen LogP contribution in [0.5, 0.6) is 0 Å². The maximum Gasteiger partial charge on any atom is 0.125 e. The van der Waals surface area contributed by atoms with Crippen LogP contribution in [0.15, 0.2) is 12.4 Å². The summed E-state index contributed by atoms with van der Waals surface area (Å²) in [6.07, 6.45) is 5.83. The summed E-state index contributed by atoms with van der Waals surface area (Å²) in [6, 6.07) is 0.287. The van der Waals surface area contributed by atoms with E-state index in [4.69, 9.17) is 4.74 Å². The number of ether oxygens (including phenoxy) is 1. The summed E-state index contributed by atoms with van der Waals surface area (Å²) in [5.41, 5.74) is -0.0692. The monoisotopic (exact) mass is 225 g/mol. The molecular weight excluding hydrogens is 202 g/mol. The molecule has 1 aromatic rings. The van der Waals surface area contributed by atoms with E-state index < -0.39 is 0 Å². The highest BCUT2D eigenvalue weighted by Gasteiger charge is 2.21. The zero-order chi connectivity index (χ0) is 12.2.